The van der Waals surface area contributed by atoms with Crippen molar-refractivity contribution in [3.63, 3.8) is 0 Å². The van der Waals surface area contributed by atoms with Crippen LogP contribution >= 0.6 is 0 Å². The van der Waals surface area contributed by atoms with Crippen molar-refractivity contribution >= 4 is 40.2 Å². The van der Waals surface area contributed by atoms with Crippen molar-refractivity contribution < 1.29 is 4.79 Å². The molecule has 41 heavy (non-hydrogen) atoms. The summed E-state index contributed by atoms with van der Waals surface area (Å²) in [6, 6.07) is 15.4. The molecular weight excluding hydrogens is 516 g/mol. The van der Waals surface area contributed by atoms with Gasteiger partial charge in [0.25, 0.3) is 5.91 Å². The van der Waals surface area contributed by atoms with Crippen molar-refractivity contribution in [1.82, 2.24) is 34.7 Å². The lowest BCUT2D eigenvalue weighted by molar-refractivity contribution is 0.0997. The predicted octanol–water partition coefficient (Wildman–Crippen LogP) is 4.92. The number of hydrogen-bond donors (Lipinski definition) is 3. The predicted molar refractivity (Wildman–Crippen MR) is 158 cm³/mol. The number of rotatable bonds is 5. The van der Waals surface area contributed by atoms with E-state index in [1.165, 1.54) is 0 Å². The Morgan fingerprint density at radius 1 is 1.00 bits per heavy atom. The maximum atomic E-state index is 13.7. The van der Waals surface area contributed by atoms with Gasteiger partial charge in [0, 0.05) is 59.5 Å². The van der Waals surface area contributed by atoms with Crippen LogP contribution in [-0.2, 0) is 13.6 Å². The SMILES string of the molecule is Cc1cnc(Nc2cc(C)n(C)n2)nc1-c1c[nH]c2c(N3Cc4c(cccc4-c4ccnc(N)n4)C3=O)cccc12. The summed E-state index contributed by atoms with van der Waals surface area (Å²) in [5, 5.41) is 8.61. The minimum absolute atomic E-state index is 0.0668. The summed E-state index contributed by atoms with van der Waals surface area (Å²) >= 11 is 0. The molecule has 2 aromatic carbocycles. The quantitative estimate of drug-likeness (QED) is 0.279. The van der Waals surface area contributed by atoms with Gasteiger partial charge in [-0.15, -0.1) is 0 Å². The number of nitrogens with zero attached hydrogens (tertiary/aromatic N) is 7. The Bertz CT molecular complexity index is 1970. The Labute approximate surface area is 235 Å². The van der Waals surface area contributed by atoms with Gasteiger partial charge in [0.15, 0.2) is 5.82 Å². The van der Waals surface area contributed by atoms with Gasteiger partial charge in [-0.1, -0.05) is 24.3 Å². The van der Waals surface area contributed by atoms with Gasteiger partial charge in [-0.25, -0.2) is 19.9 Å². The van der Waals surface area contributed by atoms with Crippen LogP contribution in [0.2, 0.25) is 0 Å². The minimum Gasteiger partial charge on any atom is -0.368 e. The van der Waals surface area contributed by atoms with Gasteiger partial charge >= 0.3 is 0 Å². The molecule has 7 rings (SSSR count). The summed E-state index contributed by atoms with van der Waals surface area (Å²) in [5.74, 6) is 1.26. The highest BCUT2D eigenvalue weighted by Crippen LogP contribution is 2.39. The normalized spacial score (nSPS) is 12.8. The molecule has 0 aliphatic carbocycles. The minimum atomic E-state index is -0.0668. The number of nitrogen functional groups attached to an aromatic ring is 1. The molecule has 0 unspecified atom stereocenters. The monoisotopic (exact) mass is 542 g/mol. The summed E-state index contributed by atoms with van der Waals surface area (Å²) in [6.07, 6.45) is 5.35. The molecule has 11 heteroatoms. The van der Waals surface area contributed by atoms with Crippen LogP contribution in [0.3, 0.4) is 0 Å². The number of carbonyl (C=O) groups is 1. The zero-order valence-electron chi connectivity index (χ0n) is 22.7. The first-order valence-electron chi connectivity index (χ1n) is 13.1. The lowest BCUT2D eigenvalue weighted by Gasteiger charge is -2.17. The molecule has 5 heterocycles. The van der Waals surface area contributed by atoms with Gasteiger partial charge in [0.05, 0.1) is 29.1 Å². The standard InChI is InChI=1S/C30H26N10O/c1-16-13-34-30(36-25-12-17(2)39(3)38-25)37-26(16)21-14-33-27-19(21)7-5-9-24(27)40-15-22-18(6-4-8-20(22)28(40)41)23-10-11-32-29(31)35-23/h4-14,33H,15H2,1-3H3,(H2,31,32,35)(H,34,36,37,38). The number of carbonyl (C=O) groups excluding carboxylic acids is 1. The Balaban J connectivity index is 1.26. The molecule has 4 aromatic heterocycles. The largest absolute Gasteiger partial charge is 0.368 e. The van der Waals surface area contributed by atoms with Gasteiger partial charge < -0.3 is 20.9 Å². The highest BCUT2D eigenvalue weighted by Gasteiger charge is 2.32. The zero-order valence-corrected chi connectivity index (χ0v) is 22.7. The van der Waals surface area contributed by atoms with E-state index >= 15 is 0 Å². The molecule has 6 aromatic rings. The smallest absolute Gasteiger partial charge is 0.259 e. The van der Waals surface area contributed by atoms with E-state index in [-0.39, 0.29) is 11.9 Å². The van der Waals surface area contributed by atoms with Crippen molar-refractivity contribution in [2.45, 2.75) is 20.4 Å². The number of H-pyrrole nitrogens is 1. The number of fused-ring (bicyclic) bond motifs is 2. The van der Waals surface area contributed by atoms with Crippen LogP contribution in [0.4, 0.5) is 23.4 Å². The molecule has 1 aliphatic heterocycles. The van der Waals surface area contributed by atoms with Crippen LogP contribution in [0, 0.1) is 13.8 Å². The molecule has 11 nitrogen and oxygen atoms in total. The van der Waals surface area contributed by atoms with Crippen molar-refractivity contribution in [3.8, 4) is 22.5 Å². The molecule has 1 aliphatic rings. The zero-order chi connectivity index (χ0) is 28.2. The lowest BCUT2D eigenvalue weighted by atomic mass is 10.0. The number of benzene rings is 2. The highest BCUT2D eigenvalue weighted by molar-refractivity contribution is 6.15. The number of hydrogen-bond acceptors (Lipinski definition) is 8. The topological polar surface area (TPSA) is 144 Å². The molecule has 0 saturated heterocycles. The number of aromatic nitrogens is 7. The van der Waals surface area contributed by atoms with E-state index in [0.717, 1.165) is 50.2 Å². The first kappa shape index (κ1) is 24.5. The first-order valence-corrected chi connectivity index (χ1v) is 13.1. The maximum Gasteiger partial charge on any atom is 0.259 e. The molecule has 0 bridgehead atoms. The number of aromatic amines is 1. The molecule has 0 fully saturated rings. The van der Waals surface area contributed by atoms with E-state index in [1.807, 2.05) is 69.6 Å². The summed E-state index contributed by atoms with van der Waals surface area (Å²) in [5.41, 5.74) is 14.3. The molecule has 202 valence electrons. The fourth-order valence-electron chi connectivity index (χ4n) is 5.36. The molecule has 0 spiro atoms. The van der Waals surface area contributed by atoms with Gasteiger partial charge in [-0.3, -0.25) is 9.48 Å². The summed E-state index contributed by atoms with van der Waals surface area (Å²) in [7, 11) is 1.89. The van der Waals surface area contributed by atoms with Crippen LogP contribution in [0.15, 0.2) is 67.1 Å². The average Bonchev–Trinajstić information content (AvgIpc) is 3.64. The van der Waals surface area contributed by atoms with Crippen molar-refractivity contribution in [3.05, 3.63) is 89.5 Å². The van der Waals surface area contributed by atoms with Crippen molar-refractivity contribution in [2.75, 3.05) is 16.0 Å². The molecule has 4 N–H and O–H groups in total. The Kier molecular flexibility index (Phi) is 5.53. The Hall–Kier alpha value is -5.58. The summed E-state index contributed by atoms with van der Waals surface area (Å²) in [6.45, 7) is 4.38. The third-order valence-electron chi connectivity index (χ3n) is 7.48. The van der Waals surface area contributed by atoms with Crippen LogP contribution in [0.25, 0.3) is 33.4 Å². The Morgan fingerprint density at radius 2 is 1.83 bits per heavy atom. The number of amides is 1. The number of para-hydroxylation sites is 1. The second-order valence-corrected chi connectivity index (χ2v) is 10.1. The first-order chi connectivity index (χ1) is 19.9. The van der Waals surface area contributed by atoms with Crippen LogP contribution in [0.1, 0.15) is 27.2 Å². The van der Waals surface area contributed by atoms with Crippen LogP contribution < -0.4 is 16.0 Å². The van der Waals surface area contributed by atoms with Gasteiger partial charge in [0.1, 0.15) is 0 Å². The van der Waals surface area contributed by atoms with Crippen molar-refractivity contribution in [2.24, 2.45) is 7.05 Å². The average molecular weight is 543 g/mol. The van der Waals surface area contributed by atoms with Crippen molar-refractivity contribution in [1.29, 1.82) is 0 Å². The third kappa shape index (κ3) is 4.06. The van der Waals surface area contributed by atoms with E-state index in [0.29, 0.717) is 29.6 Å². The summed E-state index contributed by atoms with van der Waals surface area (Å²) in [4.78, 5) is 36.6. The Morgan fingerprint density at radius 3 is 2.63 bits per heavy atom. The number of nitrogens with two attached hydrogens (primary N) is 1. The summed E-state index contributed by atoms with van der Waals surface area (Å²) < 4.78 is 1.79. The fourth-order valence-corrected chi connectivity index (χ4v) is 5.36. The highest BCUT2D eigenvalue weighted by atomic mass is 16.2. The van der Waals surface area contributed by atoms with Gasteiger partial charge in [0.2, 0.25) is 11.9 Å². The molecule has 0 radical (unpaired) electrons. The number of aryl methyl sites for hydroxylation is 3. The number of anilines is 4. The third-order valence-corrected chi connectivity index (χ3v) is 7.48. The van der Waals surface area contributed by atoms with E-state index in [2.05, 4.69) is 30.4 Å². The number of nitrogens with one attached hydrogen (secondary N) is 2. The lowest BCUT2D eigenvalue weighted by Crippen LogP contribution is -2.23. The molecule has 1 amide bonds. The molecule has 0 saturated carbocycles. The van der Waals surface area contributed by atoms with Gasteiger partial charge in [-0.2, -0.15) is 5.10 Å². The van der Waals surface area contributed by atoms with E-state index in [4.69, 9.17) is 10.7 Å². The van der Waals surface area contributed by atoms with E-state index < -0.39 is 0 Å². The fraction of sp³-hybridized carbons (Fsp3) is 0.133. The van der Waals surface area contributed by atoms with Gasteiger partial charge in [-0.05, 0) is 43.2 Å². The van der Waals surface area contributed by atoms with Crippen LogP contribution in [-0.4, -0.2) is 40.6 Å². The van der Waals surface area contributed by atoms with E-state index in [9.17, 15) is 4.79 Å². The molecule has 0 atom stereocenters. The molecular formula is C30H26N10O. The second kappa shape index (κ2) is 9.26. The van der Waals surface area contributed by atoms with E-state index in [1.54, 1.807) is 28.0 Å². The second-order valence-electron chi connectivity index (χ2n) is 10.1. The van der Waals surface area contributed by atoms with Crippen LogP contribution in [0.5, 0.6) is 0 Å². The maximum absolute atomic E-state index is 13.7.